The summed E-state index contributed by atoms with van der Waals surface area (Å²) < 4.78 is 0. The van der Waals surface area contributed by atoms with Crippen molar-refractivity contribution in [1.82, 2.24) is 10.2 Å². The molecule has 0 aliphatic heterocycles. The maximum Gasteiger partial charge on any atom is 0.329 e. The van der Waals surface area contributed by atoms with Gasteiger partial charge in [-0.15, -0.1) is 0 Å². The molecule has 1 fully saturated rings. The number of nitrogens with one attached hydrogen (secondary N) is 1. The SMILES string of the molecule is CCN(C)C(=O)NC1(C(=O)O)CCCC(C)C1. The van der Waals surface area contributed by atoms with E-state index in [4.69, 9.17) is 0 Å². The lowest BCUT2D eigenvalue weighted by Gasteiger charge is -2.37. The van der Waals surface area contributed by atoms with E-state index in [1.54, 1.807) is 7.05 Å². The minimum atomic E-state index is -1.07. The smallest absolute Gasteiger partial charge is 0.329 e. The van der Waals surface area contributed by atoms with Crippen molar-refractivity contribution >= 4 is 12.0 Å². The Morgan fingerprint density at radius 1 is 1.53 bits per heavy atom. The van der Waals surface area contributed by atoms with Gasteiger partial charge in [-0.2, -0.15) is 0 Å². The van der Waals surface area contributed by atoms with Gasteiger partial charge in [-0.25, -0.2) is 9.59 Å². The summed E-state index contributed by atoms with van der Waals surface area (Å²) >= 11 is 0. The van der Waals surface area contributed by atoms with Gasteiger partial charge < -0.3 is 15.3 Å². The normalized spacial score (nSPS) is 28.5. The van der Waals surface area contributed by atoms with Gasteiger partial charge in [0, 0.05) is 13.6 Å². The second-order valence-corrected chi connectivity index (χ2v) is 5.03. The van der Waals surface area contributed by atoms with Crippen LogP contribution in [0, 0.1) is 5.92 Å². The summed E-state index contributed by atoms with van der Waals surface area (Å²) in [5, 5.41) is 12.1. The van der Waals surface area contributed by atoms with Gasteiger partial charge in [0.15, 0.2) is 0 Å². The van der Waals surface area contributed by atoms with Gasteiger partial charge in [0.2, 0.25) is 0 Å². The van der Waals surface area contributed by atoms with Gasteiger partial charge in [0.05, 0.1) is 0 Å². The molecule has 0 aromatic heterocycles. The minimum Gasteiger partial charge on any atom is -0.480 e. The summed E-state index contributed by atoms with van der Waals surface area (Å²) in [5.41, 5.74) is -1.07. The summed E-state index contributed by atoms with van der Waals surface area (Å²) in [6.07, 6.45) is 2.93. The van der Waals surface area contributed by atoms with Crippen molar-refractivity contribution in [2.75, 3.05) is 13.6 Å². The van der Waals surface area contributed by atoms with E-state index in [1.807, 2.05) is 13.8 Å². The van der Waals surface area contributed by atoms with Crippen LogP contribution >= 0.6 is 0 Å². The first-order valence-corrected chi connectivity index (χ1v) is 6.18. The largest absolute Gasteiger partial charge is 0.480 e. The Labute approximate surface area is 102 Å². The average Bonchev–Trinajstić information content (AvgIpc) is 2.27. The Balaban J connectivity index is 2.78. The molecule has 2 amide bonds. The molecule has 0 radical (unpaired) electrons. The number of amides is 2. The Morgan fingerprint density at radius 3 is 2.65 bits per heavy atom. The summed E-state index contributed by atoms with van der Waals surface area (Å²) in [4.78, 5) is 24.7. The van der Waals surface area contributed by atoms with Crippen LogP contribution in [0.15, 0.2) is 0 Å². The maximum absolute atomic E-state index is 11.8. The third kappa shape index (κ3) is 3.11. The van der Waals surface area contributed by atoms with Crippen molar-refractivity contribution in [3.63, 3.8) is 0 Å². The fraction of sp³-hybridized carbons (Fsp3) is 0.833. The summed E-state index contributed by atoms with van der Waals surface area (Å²) in [6, 6.07) is -0.302. The zero-order valence-corrected chi connectivity index (χ0v) is 10.8. The molecule has 1 aliphatic rings. The highest BCUT2D eigenvalue weighted by molar-refractivity contribution is 5.86. The molecule has 0 bridgehead atoms. The van der Waals surface area contributed by atoms with E-state index >= 15 is 0 Å². The zero-order chi connectivity index (χ0) is 13.1. The summed E-state index contributed by atoms with van der Waals surface area (Å²) in [7, 11) is 1.66. The lowest BCUT2D eigenvalue weighted by Crippen LogP contribution is -2.59. The van der Waals surface area contributed by atoms with Gasteiger partial charge >= 0.3 is 12.0 Å². The molecule has 0 heterocycles. The highest BCUT2D eigenvalue weighted by atomic mass is 16.4. The number of aliphatic carboxylic acids is 1. The molecular formula is C12H22N2O3. The van der Waals surface area contributed by atoms with Crippen molar-refractivity contribution in [1.29, 1.82) is 0 Å². The van der Waals surface area contributed by atoms with Gasteiger partial charge in [-0.05, 0) is 25.7 Å². The number of hydrogen-bond acceptors (Lipinski definition) is 2. The van der Waals surface area contributed by atoms with E-state index in [9.17, 15) is 14.7 Å². The fourth-order valence-corrected chi connectivity index (χ4v) is 2.36. The number of rotatable bonds is 3. The molecule has 0 saturated heterocycles. The predicted molar refractivity (Wildman–Crippen MR) is 64.8 cm³/mol. The Kier molecular flexibility index (Phi) is 4.37. The molecule has 2 N–H and O–H groups in total. The van der Waals surface area contributed by atoms with Gasteiger partial charge in [0.25, 0.3) is 0 Å². The van der Waals surface area contributed by atoms with Crippen LogP contribution in [0.1, 0.15) is 39.5 Å². The lowest BCUT2D eigenvalue weighted by molar-refractivity contribution is -0.146. The molecule has 17 heavy (non-hydrogen) atoms. The maximum atomic E-state index is 11.8. The first-order chi connectivity index (χ1) is 7.91. The van der Waals surface area contributed by atoms with Crippen molar-refractivity contribution in [3.05, 3.63) is 0 Å². The average molecular weight is 242 g/mol. The number of carbonyl (C=O) groups is 2. The van der Waals surface area contributed by atoms with E-state index in [-0.39, 0.29) is 6.03 Å². The van der Waals surface area contributed by atoms with Crippen LogP contribution in [0.5, 0.6) is 0 Å². The molecule has 1 aliphatic carbocycles. The molecule has 1 saturated carbocycles. The van der Waals surface area contributed by atoms with Crippen LogP contribution in [0.2, 0.25) is 0 Å². The van der Waals surface area contributed by atoms with E-state index in [1.165, 1.54) is 4.90 Å². The van der Waals surface area contributed by atoms with Crippen molar-refractivity contribution < 1.29 is 14.7 Å². The Bertz CT molecular complexity index is 306. The molecule has 0 aromatic carbocycles. The highest BCUT2D eigenvalue weighted by Crippen LogP contribution is 2.32. The molecular weight excluding hydrogens is 220 g/mol. The fourth-order valence-electron chi connectivity index (χ4n) is 2.36. The van der Waals surface area contributed by atoms with Crippen molar-refractivity contribution in [2.24, 2.45) is 5.92 Å². The molecule has 5 nitrogen and oxygen atoms in total. The summed E-state index contributed by atoms with van der Waals surface area (Å²) in [6.45, 7) is 4.46. The first kappa shape index (κ1) is 13.8. The second kappa shape index (κ2) is 5.38. The predicted octanol–water partition coefficient (Wildman–Crippen LogP) is 1.68. The number of nitrogens with zero attached hydrogens (tertiary/aromatic N) is 1. The molecule has 2 unspecified atom stereocenters. The third-order valence-corrected chi connectivity index (χ3v) is 3.57. The van der Waals surface area contributed by atoms with Crippen LogP contribution in [0.25, 0.3) is 0 Å². The van der Waals surface area contributed by atoms with Gasteiger partial charge in [0.1, 0.15) is 5.54 Å². The molecule has 1 rings (SSSR count). The monoisotopic (exact) mass is 242 g/mol. The van der Waals surface area contributed by atoms with Crippen molar-refractivity contribution in [3.8, 4) is 0 Å². The third-order valence-electron chi connectivity index (χ3n) is 3.57. The standard InChI is InChI=1S/C12H22N2O3/c1-4-14(3)11(17)13-12(10(15)16)7-5-6-9(2)8-12/h9H,4-8H2,1-3H3,(H,13,17)(H,15,16). The van der Waals surface area contributed by atoms with E-state index in [2.05, 4.69) is 5.32 Å². The highest BCUT2D eigenvalue weighted by Gasteiger charge is 2.43. The molecule has 2 atom stereocenters. The van der Waals surface area contributed by atoms with E-state index < -0.39 is 11.5 Å². The van der Waals surface area contributed by atoms with Crippen LogP contribution in [0.3, 0.4) is 0 Å². The number of carboxylic acid groups (broad SMARTS) is 1. The Morgan fingerprint density at radius 2 is 2.18 bits per heavy atom. The van der Waals surface area contributed by atoms with Crippen LogP contribution in [-0.4, -0.2) is 41.1 Å². The first-order valence-electron chi connectivity index (χ1n) is 6.18. The second-order valence-electron chi connectivity index (χ2n) is 5.03. The molecule has 0 spiro atoms. The molecule has 98 valence electrons. The summed E-state index contributed by atoms with van der Waals surface area (Å²) in [5.74, 6) is -0.575. The lowest BCUT2D eigenvalue weighted by atomic mass is 9.76. The van der Waals surface area contributed by atoms with Gasteiger partial charge in [-0.3, -0.25) is 0 Å². The molecule has 0 aromatic rings. The van der Waals surface area contributed by atoms with E-state index in [0.29, 0.717) is 25.3 Å². The van der Waals surface area contributed by atoms with Crippen LogP contribution in [-0.2, 0) is 4.79 Å². The number of carboxylic acids is 1. The number of urea groups is 1. The number of hydrogen-bond donors (Lipinski definition) is 2. The van der Waals surface area contributed by atoms with Crippen molar-refractivity contribution in [2.45, 2.75) is 45.1 Å². The van der Waals surface area contributed by atoms with Gasteiger partial charge in [-0.1, -0.05) is 19.8 Å². The molecule has 5 heteroatoms. The zero-order valence-electron chi connectivity index (χ0n) is 10.8. The minimum absolute atomic E-state index is 0.302. The van der Waals surface area contributed by atoms with Crippen LogP contribution in [0.4, 0.5) is 4.79 Å². The Hall–Kier alpha value is -1.26. The topological polar surface area (TPSA) is 69.6 Å². The quantitative estimate of drug-likeness (QED) is 0.791. The van der Waals surface area contributed by atoms with Crippen LogP contribution < -0.4 is 5.32 Å². The van der Waals surface area contributed by atoms with E-state index in [0.717, 1.165) is 12.8 Å². The number of carbonyl (C=O) groups excluding carboxylic acids is 1.